The molecule has 0 bridgehead atoms. The third-order valence-corrected chi connectivity index (χ3v) is 6.41. The Labute approximate surface area is 166 Å². The zero-order valence-corrected chi connectivity index (χ0v) is 16.1. The van der Waals surface area contributed by atoms with Gasteiger partial charge >= 0.3 is 0 Å². The Morgan fingerprint density at radius 3 is 2.29 bits per heavy atom. The van der Waals surface area contributed by atoms with E-state index in [0.29, 0.717) is 23.7 Å². The first kappa shape index (κ1) is 17.4. The van der Waals surface area contributed by atoms with Crippen LogP contribution in [0.4, 0.5) is 0 Å². The van der Waals surface area contributed by atoms with Crippen molar-refractivity contribution in [3.05, 3.63) is 95.1 Å². The number of fused-ring (bicyclic) bond motifs is 1. The minimum Gasteiger partial charge on any atom is -0.508 e. The fourth-order valence-electron chi connectivity index (χ4n) is 4.71. The molecule has 0 aromatic heterocycles. The summed E-state index contributed by atoms with van der Waals surface area (Å²) in [5, 5.41) is 9.96. The minimum absolute atomic E-state index is 0.296. The van der Waals surface area contributed by atoms with Gasteiger partial charge in [0, 0.05) is 5.92 Å². The second kappa shape index (κ2) is 7.35. The maximum Gasteiger partial charge on any atom is 0.119 e. The van der Waals surface area contributed by atoms with Crippen molar-refractivity contribution in [3.8, 4) is 11.5 Å². The molecule has 0 aliphatic heterocycles. The fourth-order valence-corrected chi connectivity index (χ4v) is 4.71. The number of benzene rings is 3. The summed E-state index contributed by atoms with van der Waals surface area (Å²) in [4.78, 5) is 0. The number of phenolic OH excluding ortho intramolecular Hbond substituents is 1. The van der Waals surface area contributed by atoms with Gasteiger partial charge < -0.3 is 9.84 Å². The summed E-state index contributed by atoms with van der Waals surface area (Å²) in [5.41, 5.74) is 5.32. The van der Waals surface area contributed by atoms with Crippen molar-refractivity contribution in [1.29, 1.82) is 0 Å². The molecule has 0 radical (unpaired) electrons. The van der Waals surface area contributed by atoms with E-state index in [2.05, 4.69) is 60.7 Å². The molecule has 1 fully saturated rings. The van der Waals surface area contributed by atoms with Crippen LogP contribution < -0.4 is 4.74 Å². The van der Waals surface area contributed by atoms with Gasteiger partial charge in [0.05, 0.1) is 6.10 Å². The topological polar surface area (TPSA) is 29.5 Å². The van der Waals surface area contributed by atoms with Gasteiger partial charge in [-0.2, -0.15) is 0 Å². The Bertz CT molecular complexity index is 942. The summed E-state index contributed by atoms with van der Waals surface area (Å²) in [6, 6.07) is 25.5. The van der Waals surface area contributed by atoms with Crippen LogP contribution >= 0.6 is 0 Å². The molecule has 1 saturated carbocycles. The zero-order chi connectivity index (χ0) is 18.9. The quantitative estimate of drug-likeness (QED) is 0.594. The first-order valence-corrected chi connectivity index (χ1v) is 10.4. The molecule has 0 amide bonds. The molecule has 3 aromatic rings. The Hall–Kier alpha value is -2.74. The molecular weight excluding hydrogens is 344 g/mol. The van der Waals surface area contributed by atoms with E-state index in [4.69, 9.17) is 4.74 Å². The van der Waals surface area contributed by atoms with E-state index in [1.54, 1.807) is 0 Å². The van der Waals surface area contributed by atoms with Crippen molar-refractivity contribution >= 4 is 0 Å². The van der Waals surface area contributed by atoms with Crippen LogP contribution in [0.5, 0.6) is 11.5 Å². The Kier molecular flexibility index (Phi) is 4.56. The second-order valence-corrected chi connectivity index (χ2v) is 8.16. The van der Waals surface area contributed by atoms with Crippen LogP contribution in [-0.4, -0.2) is 11.2 Å². The van der Waals surface area contributed by atoms with Crippen LogP contribution in [0.2, 0.25) is 0 Å². The maximum atomic E-state index is 9.96. The lowest BCUT2D eigenvalue weighted by Crippen LogP contribution is -2.24. The number of aryl methyl sites for hydroxylation is 1. The van der Waals surface area contributed by atoms with Crippen molar-refractivity contribution in [1.82, 2.24) is 0 Å². The number of hydrogen-bond acceptors (Lipinski definition) is 2. The molecule has 2 heteroatoms. The van der Waals surface area contributed by atoms with Gasteiger partial charge in [-0.15, -0.1) is 0 Å². The smallest absolute Gasteiger partial charge is 0.119 e. The lowest BCUT2D eigenvalue weighted by molar-refractivity contribution is 0.120. The third-order valence-electron chi connectivity index (χ3n) is 6.41. The normalized spacial score (nSPS) is 21.6. The van der Waals surface area contributed by atoms with Crippen molar-refractivity contribution in [2.24, 2.45) is 0 Å². The van der Waals surface area contributed by atoms with Crippen LogP contribution in [0.15, 0.2) is 72.8 Å². The van der Waals surface area contributed by atoms with E-state index in [0.717, 1.165) is 18.6 Å². The summed E-state index contributed by atoms with van der Waals surface area (Å²) >= 11 is 0. The predicted molar refractivity (Wildman–Crippen MR) is 112 cm³/mol. The average molecular weight is 370 g/mol. The lowest BCUT2D eigenvalue weighted by atomic mass is 9.69. The van der Waals surface area contributed by atoms with Gasteiger partial charge in [-0.05, 0) is 84.5 Å². The highest BCUT2D eigenvalue weighted by atomic mass is 16.5. The van der Waals surface area contributed by atoms with Gasteiger partial charge in [0.2, 0.25) is 0 Å². The summed E-state index contributed by atoms with van der Waals surface area (Å²) in [6.45, 7) is 0. The van der Waals surface area contributed by atoms with Crippen LogP contribution in [0.1, 0.15) is 59.8 Å². The van der Waals surface area contributed by atoms with E-state index < -0.39 is 0 Å². The van der Waals surface area contributed by atoms with E-state index in [1.807, 2.05) is 12.1 Å². The Morgan fingerprint density at radius 2 is 1.57 bits per heavy atom. The van der Waals surface area contributed by atoms with E-state index in [9.17, 15) is 5.11 Å². The van der Waals surface area contributed by atoms with Gasteiger partial charge in [0.1, 0.15) is 11.5 Å². The van der Waals surface area contributed by atoms with Crippen LogP contribution in [0, 0.1) is 0 Å². The highest BCUT2D eigenvalue weighted by Gasteiger charge is 2.32. The standard InChI is InChI=1S/C26H26O2/c27-21-12-16-25-20(17-21)11-15-24(18-5-2-1-3-6-18)26(25)19-9-13-23(14-10-19)28-22-7-4-8-22/h1-3,5-6,9-10,12-14,16-17,22,24,26-27H,4,7-8,11,15H2/t24-,26+/m1/s1. The average Bonchev–Trinajstić information content (AvgIpc) is 2.71. The zero-order valence-electron chi connectivity index (χ0n) is 16.1. The van der Waals surface area contributed by atoms with Crippen LogP contribution in [0.25, 0.3) is 0 Å². The van der Waals surface area contributed by atoms with Gasteiger partial charge in [0.15, 0.2) is 0 Å². The summed E-state index contributed by atoms with van der Waals surface area (Å²) in [5.74, 6) is 2.08. The molecule has 28 heavy (non-hydrogen) atoms. The molecule has 0 heterocycles. The lowest BCUT2D eigenvalue weighted by Gasteiger charge is -2.35. The summed E-state index contributed by atoms with van der Waals surface area (Å²) < 4.78 is 6.06. The van der Waals surface area contributed by atoms with Crippen molar-refractivity contribution in [2.45, 2.75) is 50.0 Å². The predicted octanol–water partition coefficient (Wildman–Crippen LogP) is 6.19. The minimum atomic E-state index is 0.296. The van der Waals surface area contributed by atoms with Crippen LogP contribution in [-0.2, 0) is 6.42 Å². The molecule has 2 nitrogen and oxygen atoms in total. The van der Waals surface area contributed by atoms with E-state index in [1.165, 1.54) is 41.5 Å². The SMILES string of the molecule is Oc1ccc2c(c1)CC[C@H](c1ccccc1)[C@@H]2c1ccc(OC2CCC2)cc1. The Balaban J connectivity index is 1.52. The molecule has 1 N–H and O–H groups in total. The molecule has 0 spiro atoms. The molecule has 5 rings (SSSR count). The molecule has 2 aliphatic rings. The second-order valence-electron chi connectivity index (χ2n) is 8.16. The molecule has 2 atom stereocenters. The summed E-state index contributed by atoms with van der Waals surface area (Å²) in [7, 11) is 0. The van der Waals surface area contributed by atoms with Gasteiger partial charge in [0.25, 0.3) is 0 Å². The van der Waals surface area contributed by atoms with Crippen molar-refractivity contribution < 1.29 is 9.84 Å². The molecule has 2 aliphatic carbocycles. The highest BCUT2D eigenvalue weighted by molar-refractivity contribution is 5.48. The van der Waals surface area contributed by atoms with E-state index >= 15 is 0 Å². The first-order valence-electron chi connectivity index (χ1n) is 10.4. The van der Waals surface area contributed by atoms with Gasteiger partial charge in [-0.3, -0.25) is 0 Å². The van der Waals surface area contributed by atoms with Crippen LogP contribution in [0.3, 0.4) is 0 Å². The highest BCUT2D eigenvalue weighted by Crippen LogP contribution is 2.47. The number of rotatable bonds is 4. The number of aromatic hydroxyl groups is 1. The van der Waals surface area contributed by atoms with E-state index in [-0.39, 0.29) is 0 Å². The molecule has 3 aromatic carbocycles. The van der Waals surface area contributed by atoms with Crippen molar-refractivity contribution in [2.75, 3.05) is 0 Å². The molecule has 0 saturated heterocycles. The molecule has 142 valence electrons. The summed E-state index contributed by atoms with van der Waals surface area (Å²) in [6.07, 6.45) is 6.14. The largest absolute Gasteiger partial charge is 0.508 e. The molecular formula is C26H26O2. The third kappa shape index (κ3) is 3.28. The number of ether oxygens (including phenoxy) is 1. The first-order chi connectivity index (χ1) is 13.8. The van der Waals surface area contributed by atoms with Crippen molar-refractivity contribution in [3.63, 3.8) is 0 Å². The number of hydrogen-bond donors (Lipinski definition) is 1. The number of phenols is 1. The monoisotopic (exact) mass is 370 g/mol. The van der Waals surface area contributed by atoms with Gasteiger partial charge in [-0.1, -0.05) is 48.5 Å². The molecule has 0 unspecified atom stereocenters. The fraction of sp³-hybridized carbons (Fsp3) is 0.308. The maximum absolute atomic E-state index is 9.96. The van der Waals surface area contributed by atoms with Gasteiger partial charge in [-0.25, -0.2) is 0 Å². The Morgan fingerprint density at radius 1 is 0.786 bits per heavy atom.